The molecule has 0 saturated carbocycles. The lowest BCUT2D eigenvalue weighted by atomic mass is 9.91. The van der Waals surface area contributed by atoms with Gasteiger partial charge in [-0.25, -0.2) is 18.0 Å². The number of nitrogens with one attached hydrogen (secondary N) is 1. The molecule has 2 atom stereocenters. The molecule has 9 nitrogen and oxygen atoms in total. The van der Waals surface area contributed by atoms with Crippen LogP contribution in [0.15, 0.2) is 53.5 Å². The third kappa shape index (κ3) is 8.35. The van der Waals surface area contributed by atoms with E-state index in [0.29, 0.717) is 47.7 Å². The van der Waals surface area contributed by atoms with Gasteiger partial charge in [0.2, 0.25) is 0 Å². The van der Waals surface area contributed by atoms with Crippen molar-refractivity contribution < 1.29 is 32.6 Å². The SMILES string of the molecule is CC.CC.Cc1cc(N2CCOC[C@@H]2C)cc(F)c1C(=O)N[C@@H](Cc1ccc(-c2c(C(C)(F)F)cc(C)n(C)c2=O)c2ncccc12)C(=O)O. The van der Waals surface area contributed by atoms with Crippen molar-refractivity contribution >= 4 is 28.5 Å². The molecule has 0 unspecified atom stereocenters. The summed E-state index contributed by atoms with van der Waals surface area (Å²) in [5.74, 6) is -6.36. The Kier molecular flexibility index (Phi) is 13.3. The van der Waals surface area contributed by atoms with E-state index in [4.69, 9.17) is 4.74 Å². The van der Waals surface area contributed by atoms with Crippen molar-refractivity contribution in [2.75, 3.05) is 24.7 Å². The molecule has 2 N–H and O–H groups in total. The number of hydrogen-bond acceptors (Lipinski definition) is 6. The van der Waals surface area contributed by atoms with Gasteiger partial charge < -0.3 is 24.6 Å². The fourth-order valence-corrected chi connectivity index (χ4v) is 5.98. The van der Waals surface area contributed by atoms with Gasteiger partial charge >= 0.3 is 5.97 Å². The van der Waals surface area contributed by atoms with E-state index in [9.17, 15) is 28.3 Å². The number of halogens is 3. The minimum Gasteiger partial charge on any atom is -0.480 e. The fraction of sp³-hybridized carbons (Fsp3) is 0.421. The number of carboxylic acid groups (broad SMARTS) is 1. The topological polar surface area (TPSA) is 114 Å². The average Bonchev–Trinajstić information content (AvgIpc) is 3.08. The van der Waals surface area contributed by atoms with E-state index in [0.717, 1.165) is 6.92 Å². The molecular weight excluding hydrogens is 649 g/mol. The second kappa shape index (κ2) is 16.8. The summed E-state index contributed by atoms with van der Waals surface area (Å²) in [5.41, 5.74) is 0.574. The van der Waals surface area contributed by atoms with Gasteiger partial charge in [-0.3, -0.25) is 14.6 Å². The first kappa shape index (κ1) is 39.7. The third-order valence-corrected chi connectivity index (χ3v) is 8.50. The summed E-state index contributed by atoms with van der Waals surface area (Å²) in [6, 6.07) is 9.00. The number of carboxylic acids is 1. The van der Waals surface area contributed by atoms with Gasteiger partial charge in [0.05, 0.1) is 29.9 Å². The second-order valence-electron chi connectivity index (χ2n) is 11.8. The summed E-state index contributed by atoms with van der Waals surface area (Å²) >= 11 is 0. The van der Waals surface area contributed by atoms with E-state index in [1.165, 1.54) is 42.1 Å². The number of aliphatic carboxylic acids is 1. The second-order valence-corrected chi connectivity index (χ2v) is 11.8. The zero-order valence-corrected chi connectivity index (χ0v) is 30.2. The van der Waals surface area contributed by atoms with E-state index in [-0.39, 0.29) is 34.7 Å². The van der Waals surface area contributed by atoms with Crippen LogP contribution in [-0.4, -0.2) is 58.4 Å². The molecule has 1 saturated heterocycles. The lowest BCUT2D eigenvalue weighted by molar-refractivity contribution is -0.139. The number of fused-ring (bicyclic) bond motifs is 1. The zero-order valence-electron chi connectivity index (χ0n) is 30.2. The van der Waals surface area contributed by atoms with Crippen molar-refractivity contribution in [3.63, 3.8) is 0 Å². The number of carbonyl (C=O) groups excluding carboxylic acids is 1. The molecule has 3 heterocycles. The standard InChI is InChI=1S/C34H35F3N4O5.2C2H6/c1-18-13-22(41-11-12-46-17-20(41)3)16-26(35)28(18)31(42)39-27(33(44)45)15-21-8-9-24(30-23(21)7-6-10-38-30)29-25(34(4,36)37)14-19(2)40(5)32(29)43;2*1-2/h6-10,13-14,16,20,27H,11-12,15,17H2,1-5H3,(H,39,42)(H,44,45);2*1-2H3/t20-,27-;;/m0../s1. The molecule has 1 aliphatic heterocycles. The predicted molar refractivity (Wildman–Crippen MR) is 191 cm³/mol. The third-order valence-electron chi connectivity index (χ3n) is 8.50. The first-order valence-corrected chi connectivity index (χ1v) is 16.8. The zero-order chi connectivity index (χ0) is 37.5. The highest BCUT2D eigenvalue weighted by Gasteiger charge is 2.32. The Bertz CT molecular complexity index is 1880. The summed E-state index contributed by atoms with van der Waals surface area (Å²) in [4.78, 5) is 45.4. The smallest absolute Gasteiger partial charge is 0.326 e. The number of rotatable bonds is 8. The number of nitrogens with zero attached hydrogens (tertiary/aromatic N) is 3. The molecular formula is C38H47F3N4O5. The number of aromatic nitrogens is 2. The first-order chi connectivity index (χ1) is 23.7. The van der Waals surface area contributed by atoms with Crippen LogP contribution in [0.25, 0.3) is 22.0 Å². The maximum absolute atomic E-state index is 15.4. The average molecular weight is 697 g/mol. The summed E-state index contributed by atoms with van der Waals surface area (Å²) in [6.45, 7) is 15.4. The molecule has 1 fully saturated rings. The highest BCUT2D eigenvalue weighted by atomic mass is 19.3. The van der Waals surface area contributed by atoms with Crippen LogP contribution < -0.4 is 15.8 Å². The van der Waals surface area contributed by atoms with Crippen molar-refractivity contribution in [3.05, 3.63) is 92.8 Å². The summed E-state index contributed by atoms with van der Waals surface area (Å²) < 4.78 is 51.7. The van der Waals surface area contributed by atoms with Crippen LogP contribution in [0, 0.1) is 19.7 Å². The van der Waals surface area contributed by atoms with Gasteiger partial charge in [-0.05, 0) is 56.2 Å². The normalized spacial score (nSPS) is 15.0. The molecule has 4 aromatic rings. The van der Waals surface area contributed by atoms with Gasteiger partial charge in [0, 0.05) is 67.1 Å². The van der Waals surface area contributed by atoms with E-state index >= 15 is 4.39 Å². The van der Waals surface area contributed by atoms with Crippen LogP contribution in [0.3, 0.4) is 0 Å². The van der Waals surface area contributed by atoms with Crippen LogP contribution in [0.5, 0.6) is 0 Å². The molecule has 0 aliphatic carbocycles. The lowest BCUT2D eigenvalue weighted by Gasteiger charge is -2.35. The van der Waals surface area contributed by atoms with Crippen LogP contribution in [0.2, 0.25) is 0 Å². The van der Waals surface area contributed by atoms with Gasteiger partial charge in [-0.1, -0.05) is 45.9 Å². The minimum atomic E-state index is -3.34. The highest BCUT2D eigenvalue weighted by molar-refractivity contribution is 5.99. The molecule has 2 aromatic heterocycles. The number of pyridine rings is 2. The Morgan fingerprint density at radius 1 is 1.12 bits per heavy atom. The molecule has 1 aliphatic rings. The molecule has 0 radical (unpaired) electrons. The number of ether oxygens (including phenoxy) is 1. The Balaban J connectivity index is 0.00000163. The Labute approximate surface area is 291 Å². The molecule has 0 spiro atoms. The van der Waals surface area contributed by atoms with Crippen molar-refractivity contribution in [3.8, 4) is 11.1 Å². The molecule has 12 heteroatoms. The molecule has 1 amide bonds. The van der Waals surface area contributed by atoms with Crippen molar-refractivity contribution in [1.29, 1.82) is 0 Å². The Hall–Kier alpha value is -4.71. The van der Waals surface area contributed by atoms with Crippen molar-refractivity contribution in [2.24, 2.45) is 7.05 Å². The summed E-state index contributed by atoms with van der Waals surface area (Å²) in [6.07, 6.45) is 1.22. The fourth-order valence-electron chi connectivity index (χ4n) is 5.98. The number of anilines is 1. The maximum atomic E-state index is 15.4. The van der Waals surface area contributed by atoms with E-state index in [1.807, 2.05) is 39.5 Å². The van der Waals surface area contributed by atoms with Gasteiger partial charge in [0.1, 0.15) is 11.9 Å². The molecule has 270 valence electrons. The van der Waals surface area contributed by atoms with Crippen molar-refractivity contribution in [2.45, 2.75) is 79.8 Å². The van der Waals surface area contributed by atoms with Gasteiger partial charge in [0.15, 0.2) is 0 Å². The molecule has 50 heavy (non-hydrogen) atoms. The van der Waals surface area contributed by atoms with Gasteiger partial charge in [0.25, 0.3) is 17.4 Å². The van der Waals surface area contributed by atoms with Crippen LogP contribution in [-0.2, 0) is 28.9 Å². The van der Waals surface area contributed by atoms with E-state index < -0.39 is 40.8 Å². The minimum absolute atomic E-state index is 0.0124. The quantitative estimate of drug-likeness (QED) is 0.201. The predicted octanol–water partition coefficient (Wildman–Crippen LogP) is 7.17. The number of aryl methyl sites for hydroxylation is 2. The number of amides is 1. The number of carbonyl (C=O) groups is 2. The Morgan fingerprint density at radius 2 is 1.80 bits per heavy atom. The summed E-state index contributed by atoms with van der Waals surface area (Å²) in [5, 5.41) is 12.9. The van der Waals surface area contributed by atoms with Crippen molar-refractivity contribution in [1.82, 2.24) is 14.9 Å². The maximum Gasteiger partial charge on any atom is 0.326 e. The first-order valence-electron chi connectivity index (χ1n) is 16.8. The van der Waals surface area contributed by atoms with Gasteiger partial charge in [-0.15, -0.1) is 0 Å². The number of alkyl halides is 2. The number of morpholine rings is 1. The van der Waals surface area contributed by atoms with E-state index in [2.05, 4.69) is 10.3 Å². The Morgan fingerprint density at radius 3 is 2.40 bits per heavy atom. The van der Waals surface area contributed by atoms with E-state index in [1.54, 1.807) is 32.0 Å². The number of hydrogen-bond donors (Lipinski definition) is 2. The molecule has 5 rings (SSSR count). The molecule has 2 aromatic carbocycles. The number of benzene rings is 2. The van der Waals surface area contributed by atoms with Gasteiger partial charge in [-0.2, -0.15) is 0 Å². The monoisotopic (exact) mass is 696 g/mol. The van der Waals surface area contributed by atoms with Crippen LogP contribution >= 0.6 is 0 Å². The molecule has 0 bridgehead atoms. The largest absolute Gasteiger partial charge is 0.480 e. The summed E-state index contributed by atoms with van der Waals surface area (Å²) in [7, 11) is 1.49. The van der Waals surface area contributed by atoms with Crippen LogP contribution in [0.4, 0.5) is 18.9 Å². The highest BCUT2D eigenvalue weighted by Crippen LogP contribution is 2.37. The van der Waals surface area contributed by atoms with Crippen LogP contribution in [0.1, 0.15) is 74.3 Å². The lowest BCUT2D eigenvalue weighted by Crippen LogP contribution is -2.44.